The van der Waals surface area contributed by atoms with E-state index in [1.54, 1.807) is 32.6 Å². The van der Waals surface area contributed by atoms with Gasteiger partial charge >= 0.3 is 12.1 Å². The molecule has 11 atom stereocenters. The van der Waals surface area contributed by atoms with Crippen molar-refractivity contribution in [1.82, 2.24) is 24.8 Å². The Morgan fingerprint density at radius 3 is 2.56 bits per heavy atom. The summed E-state index contributed by atoms with van der Waals surface area (Å²) in [6.45, 7) is 11.8. The van der Waals surface area contributed by atoms with Gasteiger partial charge in [0.05, 0.1) is 24.2 Å². The van der Waals surface area contributed by atoms with Crippen LogP contribution in [-0.4, -0.2) is 112 Å². The van der Waals surface area contributed by atoms with Crippen LogP contribution < -0.4 is 5.32 Å². The lowest BCUT2D eigenvalue weighted by Gasteiger charge is -2.43. The van der Waals surface area contributed by atoms with Gasteiger partial charge in [0.2, 0.25) is 0 Å². The van der Waals surface area contributed by atoms with Crippen molar-refractivity contribution in [3.8, 4) is 11.3 Å². The molecule has 2 aromatic heterocycles. The van der Waals surface area contributed by atoms with E-state index in [0.29, 0.717) is 38.8 Å². The summed E-state index contributed by atoms with van der Waals surface area (Å²) in [5, 5.41) is 14.0. The average Bonchev–Trinajstić information content (AvgIpc) is 3.63. The van der Waals surface area contributed by atoms with Crippen LogP contribution in [0.3, 0.4) is 0 Å². The SMILES string of the molecule is CCC1OC(=O)C(C)C(=O)C(C)[C@@H](OC2OC(C)CC(N(C)C)C2O)C(C)C[C@@H](C)C(=O)CCC1OC(=O)NCCCCn1cnc(-c2cccnc2)c1. The number of carbonyl (C=O) groups excluding carboxylic acids is 4. The molecule has 0 aromatic carbocycles. The third-order valence-electron chi connectivity index (χ3n) is 10.8. The van der Waals surface area contributed by atoms with Crippen LogP contribution in [0.25, 0.3) is 11.3 Å². The van der Waals surface area contributed by atoms with Gasteiger partial charge in [-0.25, -0.2) is 9.78 Å². The summed E-state index contributed by atoms with van der Waals surface area (Å²) in [6, 6.07) is 3.61. The topological polar surface area (TPSA) is 171 Å². The minimum Gasteiger partial charge on any atom is -0.458 e. The Morgan fingerprint density at radius 2 is 1.87 bits per heavy atom. The first kappa shape index (κ1) is 43.0. The summed E-state index contributed by atoms with van der Waals surface area (Å²) in [4.78, 5) is 64.4. The summed E-state index contributed by atoms with van der Waals surface area (Å²) in [6.07, 6.45) is 4.95. The van der Waals surface area contributed by atoms with E-state index in [4.69, 9.17) is 18.9 Å². The number of hydrogen-bond donors (Lipinski definition) is 2. The van der Waals surface area contributed by atoms with Crippen LogP contribution in [0.5, 0.6) is 0 Å². The van der Waals surface area contributed by atoms with Crippen LogP contribution in [0.1, 0.15) is 86.5 Å². The number of esters is 1. The van der Waals surface area contributed by atoms with Crippen LogP contribution in [-0.2, 0) is 39.9 Å². The van der Waals surface area contributed by atoms with Crippen LogP contribution in [0.2, 0.25) is 0 Å². The van der Waals surface area contributed by atoms with Gasteiger partial charge in [-0.2, -0.15) is 0 Å². The fraction of sp³-hybridized carbons (Fsp3) is 0.700. The van der Waals surface area contributed by atoms with E-state index >= 15 is 0 Å². The van der Waals surface area contributed by atoms with Gasteiger partial charge in [0.25, 0.3) is 0 Å². The van der Waals surface area contributed by atoms with Gasteiger partial charge in [-0.15, -0.1) is 0 Å². The largest absolute Gasteiger partial charge is 0.458 e. The van der Waals surface area contributed by atoms with Gasteiger partial charge in [-0.1, -0.05) is 27.7 Å². The number of aliphatic hydroxyl groups excluding tert-OH is 1. The van der Waals surface area contributed by atoms with Crippen molar-refractivity contribution in [2.45, 2.75) is 136 Å². The number of aromatic nitrogens is 3. The number of nitrogens with one attached hydrogen (secondary N) is 1. The van der Waals surface area contributed by atoms with Crippen LogP contribution >= 0.6 is 0 Å². The Hall–Kier alpha value is -3.72. The number of likely N-dealkylation sites (N-methyl/N-ethyl adjacent to an activating group) is 1. The van der Waals surface area contributed by atoms with Crippen LogP contribution in [0.15, 0.2) is 37.1 Å². The normalized spacial score (nSPS) is 31.8. The smallest absolute Gasteiger partial charge is 0.407 e. The van der Waals surface area contributed by atoms with Crippen molar-refractivity contribution in [3.05, 3.63) is 37.1 Å². The molecule has 0 radical (unpaired) electrons. The molecule has 300 valence electrons. The molecule has 1 amide bonds. The third-order valence-corrected chi connectivity index (χ3v) is 10.8. The van der Waals surface area contributed by atoms with Crippen molar-refractivity contribution in [2.75, 3.05) is 20.6 Å². The Kier molecular flexibility index (Phi) is 16.1. The van der Waals surface area contributed by atoms with E-state index < -0.39 is 60.5 Å². The Morgan fingerprint density at radius 1 is 1.11 bits per heavy atom. The first-order chi connectivity index (χ1) is 25.7. The second kappa shape index (κ2) is 20.3. The highest BCUT2D eigenvalue weighted by Crippen LogP contribution is 2.33. The maximum atomic E-state index is 13.9. The minimum absolute atomic E-state index is 0.0402. The number of amides is 1. The highest BCUT2D eigenvalue weighted by atomic mass is 16.7. The quantitative estimate of drug-likeness (QED) is 0.182. The first-order valence-corrected chi connectivity index (χ1v) is 19.5. The number of aryl methyl sites for hydroxylation is 1. The molecule has 14 nitrogen and oxygen atoms in total. The van der Waals surface area contributed by atoms with Crippen molar-refractivity contribution in [1.29, 1.82) is 0 Å². The van der Waals surface area contributed by atoms with E-state index in [9.17, 15) is 24.3 Å². The number of hydrogen-bond acceptors (Lipinski definition) is 12. The van der Waals surface area contributed by atoms with E-state index in [1.807, 2.05) is 62.7 Å². The zero-order valence-electron chi connectivity index (χ0n) is 33.2. The summed E-state index contributed by atoms with van der Waals surface area (Å²) < 4.78 is 26.2. The lowest BCUT2D eigenvalue weighted by Crippen LogP contribution is -2.56. The predicted molar refractivity (Wildman–Crippen MR) is 201 cm³/mol. The number of ketones is 2. The zero-order valence-corrected chi connectivity index (χ0v) is 33.2. The zero-order chi connectivity index (χ0) is 39.5. The standard InChI is InChI=1S/C40H61N5O9/c1-9-33-34(53-40(50)42-17-10-11-18-45-22-30(43-23-45)29-13-12-16-41-21-29)15-14-32(46)24(2)19-25(3)37(27(5)35(47)28(6)38(49)52-33)54-39-36(48)31(44(7)8)20-26(4)51-39/h12-13,16,21-28,31,33-34,36-37,39,48H,9-11,14-15,17-20H2,1-8H3,(H,42,50)/t24-,25?,26?,27?,28?,31?,33?,34?,36?,37+,39?/m1/s1. The van der Waals surface area contributed by atoms with Crippen molar-refractivity contribution in [2.24, 2.45) is 23.7 Å². The highest BCUT2D eigenvalue weighted by molar-refractivity contribution is 6.00. The fourth-order valence-electron chi connectivity index (χ4n) is 7.51. The molecule has 0 saturated carbocycles. The second-order valence-corrected chi connectivity index (χ2v) is 15.4. The Labute approximate surface area is 319 Å². The fourth-order valence-corrected chi connectivity index (χ4v) is 7.51. The molecule has 2 saturated heterocycles. The van der Waals surface area contributed by atoms with Gasteiger partial charge in [-0.3, -0.25) is 19.4 Å². The van der Waals surface area contributed by atoms with Gasteiger partial charge < -0.3 is 38.8 Å². The number of alkyl carbamates (subject to hydrolysis) is 1. The number of cyclic esters (lactones) is 1. The molecule has 0 spiro atoms. The van der Waals surface area contributed by atoms with Crippen LogP contribution in [0, 0.1) is 23.7 Å². The molecule has 2 aliphatic rings. The van der Waals surface area contributed by atoms with E-state index in [2.05, 4.69) is 15.3 Å². The molecule has 2 fully saturated rings. The molecule has 0 aliphatic carbocycles. The van der Waals surface area contributed by atoms with E-state index in [1.165, 1.54) is 6.92 Å². The Bertz CT molecular complexity index is 1520. The van der Waals surface area contributed by atoms with Crippen molar-refractivity contribution < 1.29 is 43.2 Å². The van der Waals surface area contributed by atoms with Crippen molar-refractivity contribution >= 4 is 23.6 Å². The molecule has 54 heavy (non-hydrogen) atoms. The minimum atomic E-state index is -1.13. The Balaban J connectivity index is 1.38. The summed E-state index contributed by atoms with van der Waals surface area (Å²) in [7, 11) is 3.77. The summed E-state index contributed by atoms with van der Waals surface area (Å²) in [5.41, 5.74) is 1.78. The lowest BCUT2D eigenvalue weighted by atomic mass is 9.80. The predicted octanol–water partition coefficient (Wildman–Crippen LogP) is 4.82. The molecule has 4 rings (SSSR count). The second-order valence-electron chi connectivity index (χ2n) is 15.4. The molecule has 14 heteroatoms. The number of ether oxygens (including phenoxy) is 4. The molecular formula is C40H61N5O9. The molecular weight excluding hydrogens is 694 g/mol. The number of nitrogens with zero attached hydrogens (tertiary/aromatic N) is 4. The number of rotatable bonds is 11. The summed E-state index contributed by atoms with van der Waals surface area (Å²) >= 11 is 0. The van der Waals surface area contributed by atoms with Gasteiger partial charge in [-0.05, 0) is 84.5 Å². The maximum Gasteiger partial charge on any atom is 0.407 e. The van der Waals surface area contributed by atoms with Crippen LogP contribution in [0.4, 0.5) is 4.79 Å². The third kappa shape index (κ3) is 11.6. The monoisotopic (exact) mass is 755 g/mol. The van der Waals surface area contributed by atoms with Gasteiger partial charge in [0.15, 0.2) is 12.1 Å². The van der Waals surface area contributed by atoms with Crippen molar-refractivity contribution in [3.63, 3.8) is 0 Å². The number of imidazole rings is 1. The van der Waals surface area contributed by atoms with E-state index in [-0.39, 0.29) is 42.5 Å². The molecule has 2 aliphatic heterocycles. The van der Waals surface area contributed by atoms with Gasteiger partial charge in [0.1, 0.15) is 30.0 Å². The molecule has 2 N–H and O–H groups in total. The van der Waals surface area contributed by atoms with E-state index in [0.717, 1.165) is 17.7 Å². The lowest BCUT2D eigenvalue weighted by molar-refractivity contribution is -0.278. The first-order valence-electron chi connectivity index (χ1n) is 19.5. The summed E-state index contributed by atoms with van der Waals surface area (Å²) in [5.74, 6) is -3.78. The molecule has 4 heterocycles. The molecule has 9 unspecified atom stereocenters. The highest BCUT2D eigenvalue weighted by Gasteiger charge is 2.44. The molecule has 2 aromatic rings. The number of carbonyl (C=O) groups is 4. The average molecular weight is 756 g/mol. The maximum absolute atomic E-state index is 13.9. The van der Waals surface area contributed by atoms with Gasteiger partial charge in [0, 0.05) is 61.5 Å². The number of pyridine rings is 1. The number of aliphatic hydroxyl groups is 1. The molecule has 0 bridgehead atoms. The number of unbranched alkanes of at least 4 members (excludes halogenated alkanes) is 1. The number of Topliss-reactive ketones (excluding diaryl/α,β-unsaturated/α-hetero) is 2.